The average Bonchev–Trinajstić information content (AvgIpc) is 3.17. The number of amides is 1. The zero-order chi connectivity index (χ0) is 20.9. The van der Waals surface area contributed by atoms with Crippen molar-refractivity contribution in [3.05, 3.63) is 96.3 Å². The molecule has 0 aliphatic carbocycles. The molecule has 6 heteroatoms. The number of para-hydroxylation sites is 2. The van der Waals surface area contributed by atoms with Crippen LogP contribution in [0.3, 0.4) is 0 Å². The van der Waals surface area contributed by atoms with Gasteiger partial charge in [-0.2, -0.15) is 5.10 Å². The van der Waals surface area contributed by atoms with Crippen molar-refractivity contribution in [3.63, 3.8) is 0 Å². The molecule has 1 aromatic heterocycles. The largest absolute Gasteiger partial charge is 0.483 e. The van der Waals surface area contributed by atoms with Gasteiger partial charge in [-0.3, -0.25) is 4.79 Å². The van der Waals surface area contributed by atoms with Gasteiger partial charge >= 0.3 is 0 Å². The lowest BCUT2D eigenvalue weighted by atomic mass is 10.1. The number of halogens is 1. The van der Waals surface area contributed by atoms with Crippen molar-refractivity contribution in [2.24, 2.45) is 0 Å². The van der Waals surface area contributed by atoms with E-state index in [1.54, 1.807) is 28.9 Å². The predicted octanol–water partition coefficient (Wildman–Crippen LogP) is 5.00. The van der Waals surface area contributed by atoms with Crippen molar-refractivity contribution in [1.29, 1.82) is 0 Å². The molecule has 0 saturated heterocycles. The summed E-state index contributed by atoms with van der Waals surface area (Å²) in [4.78, 5) is 12.5. The average molecular weight is 401 g/mol. The minimum absolute atomic E-state index is 0.153. The standard InChI is InChI=1S/C24H20FN3O2/c1-17-9-5-8-14-22(17)30-16-24(29)26-23-15-21(19-12-6-7-13-20(19)25)27-28(23)18-10-3-2-4-11-18/h2-15H,16H2,1H3,(H,26,29). The summed E-state index contributed by atoms with van der Waals surface area (Å²) in [5, 5.41) is 7.34. The van der Waals surface area contributed by atoms with E-state index in [1.807, 2.05) is 61.5 Å². The fraction of sp³-hybridized carbons (Fsp3) is 0.0833. The van der Waals surface area contributed by atoms with Gasteiger partial charge in [0.25, 0.3) is 5.91 Å². The first-order valence-electron chi connectivity index (χ1n) is 9.50. The van der Waals surface area contributed by atoms with Gasteiger partial charge in [0.2, 0.25) is 0 Å². The van der Waals surface area contributed by atoms with Gasteiger partial charge in [-0.05, 0) is 42.8 Å². The molecular formula is C24H20FN3O2. The molecule has 1 N–H and O–H groups in total. The molecule has 4 rings (SSSR count). The van der Waals surface area contributed by atoms with Gasteiger partial charge in [-0.1, -0.05) is 48.5 Å². The molecule has 5 nitrogen and oxygen atoms in total. The van der Waals surface area contributed by atoms with Crippen LogP contribution in [0.1, 0.15) is 5.56 Å². The number of nitrogens with one attached hydrogen (secondary N) is 1. The number of aryl methyl sites for hydroxylation is 1. The fourth-order valence-electron chi connectivity index (χ4n) is 3.08. The maximum Gasteiger partial charge on any atom is 0.263 e. The highest BCUT2D eigenvalue weighted by atomic mass is 19.1. The van der Waals surface area contributed by atoms with E-state index in [2.05, 4.69) is 10.4 Å². The Balaban J connectivity index is 1.60. The first kappa shape index (κ1) is 19.4. The third-order valence-electron chi connectivity index (χ3n) is 4.58. The van der Waals surface area contributed by atoms with Crippen LogP contribution < -0.4 is 10.1 Å². The minimum Gasteiger partial charge on any atom is -0.483 e. The molecule has 1 heterocycles. The molecule has 4 aromatic rings. The number of ether oxygens (including phenoxy) is 1. The lowest BCUT2D eigenvalue weighted by molar-refractivity contribution is -0.118. The summed E-state index contributed by atoms with van der Waals surface area (Å²) in [6.45, 7) is 1.76. The summed E-state index contributed by atoms with van der Waals surface area (Å²) in [5.74, 6) is 0.362. The van der Waals surface area contributed by atoms with E-state index in [9.17, 15) is 9.18 Å². The quantitative estimate of drug-likeness (QED) is 0.494. The van der Waals surface area contributed by atoms with Crippen molar-refractivity contribution < 1.29 is 13.9 Å². The van der Waals surface area contributed by atoms with Crippen molar-refractivity contribution in [2.75, 3.05) is 11.9 Å². The zero-order valence-electron chi connectivity index (χ0n) is 16.4. The van der Waals surface area contributed by atoms with Crippen LogP contribution in [0.25, 0.3) is 16.9 Å². The number of carbonyl (C=O) groups excluding carboxylic acids is 1. The first-order valence-corrected chi connectivity index (χ1v) is 9.50. The van der Waals surface area contributed by atoms with Crippen molar-refractivity contribution in [1.82, 2.24) is 9.78 Å². The summed E-state index contributed by atoms with van der Waals surface area (Å²) >= 11 is 0. The topological polar surface area (TPSA) is 56.1 Å². The number of carbonyl (C=O) groups is 1. The summed E-state index contributed by atoms with van der Waals surface area (Å²) in [6, 6.07) is 24.9. The van der Waals surface area contributed by atoms with E-state index in [1.165, 1.54) is 6.07 Å². The van der Waals surface area contributed by atoms with Crippen LogP contribution in [0.4, 0.5) is 10.2 Å². The third kappa shape index (κ3) is 4.22. The van der Waals surface area contributed by atoms with E-state index in [-0.39, 0.29) is 18.3 Å². The summed E-state index contributed by atoms with van der Waals surface area (Å²) < 4.78 is 21.5. The minimum atomic E-state index is -0.379. The summed E-state index contributed by atoms with van der Waals surface area (Å²) in [7, 11) is 0. The smallest absolute Gasteiger partial charge is 0.263 e. The Kier molecular flexibility index (Phi) is 5.57. The van der Waals surface area contributed by atoms with Crippen molar-refractivity contribution in [3.8, 4) is 22.7 Å². The molecule has 0 fully saturated rings. The van der Waals surface area contributed by atoms with E-state index in [4.69, 9.17) is 4.74 Å². The van der Waals surface area contributed by atoms with Gasteiger partial charge in [0.05, 0.1) is 11.4 Å². The second-order valence-corrected chi connectivity index (χ2v) is 6.74. The highest BCUT2D eigenvalue weighted by molar-refractivity contribution is 5.92. The molecule has 0 bridgehead atoms. The molecule has 30 heavy (non-hydrogen) atoms. The zero-order valence-corrected chi connectivity index (χ0v) is 16.4. The lowest BCUT2D eigenvalue weighted by Gasteiger charge is -2.11. The Morgan fingerprint density at radius 2 is 1.70 bits per heavy atom. The molecule has 0 aliphatic heterocycles. The van der Waals surface area contributed by atoms with Crippen molar-refractivity contribution >= 4 is 11.7 Å². The molecule has 0 unspecified atom stereocenters. The van der Waals surface area contributed by atoms with Gasteiger partial charge < -0.3 is 10.1 Å². The highest BCUT2D eigenvalue weighted by Gasteiger charge is 2.16. The molecule has 1 amide bonds. The number of rotatable bonds is 6. The monoisotopic (exact) mass is 401 g/mol. The molecule has 0 radical (unpaired) electrons. The number of anilines is 1. The highest BCUT2D eigenvalue weighted by Crippen LogP contribution is 2.26. The van der Waals surface area contributed by atoms with Gasteiger partial charge in [0.15, 0.2) is 6.61 Å². The second kappa shape index (κ2) is 8.61. The van der Waals surface area contributed by atoms with Crippen LogP contribution in [0.15, 0.2) is 84.9 Å². The second-order valence-electron chi connectivity index (χ2n) is 6.74. The Hall–Kier alpha value is -3.93. The maximum absolute atomic E-state index is 14.3. The number of hydrogen-bond acceptors (Lipinski definition) is 3. The Morgan fingerprint density at radius 1 is 1.00 bits per heavy atom. The predicted molar refractivity (Wildman–Crippen MR) is 114 cm³/mol. The lowest BCUT2D eigenvalue weighted by Crippen LogP contribution is -2.22. The summed E-state index contributed by atoms with van der Waals surface area (Å²) in [6.07, 6.45) is 0. The van der Waals surface area contributed by atoms with E-state index in [0.29, 0.717) is 22.8 Å². The molecular weight excluding hydrogens is 381 g/mol. The maximum atomic E-state index is 14.3. The molecule has 150 valence electrons. The molecule has 3 aromatic carbocycles. The van der Waals surface area contributed by atoms with Crippen LogP contribution >= 0.6 is 0 Å². The SMILES string of the molecule is Cc1ccccc1OCC(=O)Nc1cc(-c2ccccc2F)nn1-c1ccccc1. The molecule has 0 spiro atoms. The molecule has 0 saturated carbocycles. The number of hydrogen-bond donors (Lipinski definition) is 1. The summed E-state index contributed by atoms with van der Waals surface area (Å²) in [5.41, 5.74) is 2.47. The van der Waals surface area contributed by atoms with Gasteiger partial charge in [0, 0.05) is 11.6 Å². The molecule has 0 aliphatic rings. The van der Waals surface area contributed by atoms with Crippen LogP contribution in [0, 0.1) is 12.7 Å². The van der Waals surface area contributed by atoms with Crippen LogP contribution in [0.5, 0.6) is 5.75 Å². The normalized spacial score (nSPS) is 10.6. The van der Waals surface area contributed by atoms with Crippen molar-refractivity contribution in [2.45, 2.75) is 6.92 Å². The van der Waals surface area contributed by atoms with E-state index in [0.717, 1.165) is 11.3 Å². The van der Waals surface area contributed by atoms with Gasteiger partial charge in [-0.15, -0.1) is 0 Å². The Labute approximate surface area is 173 Å². The van der Waals surface area contributed by atoms with Crippen LogP contribution in [-0.2, 0) is 4.79 Å². The number of nitrogens with zero attached hydrogens (tertiary/aromatic N) is 2. The van der Waals surface area contributed by atoms with E-state index >= 15 is 0 Å². The number of benzene rings is 3. The third-order valence-corrected chi connectivity index (χ3v) is 4.58. The van der Waals surface area contributed by atoms with Crippen LogP contribution in [0.2, 0.25) is 0 Å². The molecule has 0 atom stereocenters. The Bertz CT molecular complexity index is 1170. The number of aromatic nitrogens is 2. The van der Waals surface area contributed by atoms with Crippen LogP contribution in [-0.4, -0.2) is 22.3 Å². The van der Waals surface area contributed by atoms with Gasteiger partial charge in [0.1, 0.15) is 17.4 Å². The first-order chi connectivity index (χ1) is 14.6. The van der Waals surface area contributed by atoms with E-state index < -0.39 is 0 Å². The van der Waals surface area contributed by atoms with Gasteiger partial charge in [-0.25, -0.2) is 9.07 Å². The Morgan fingerprint density at radius 3 is 2.47 bits per heavy atom. The fourth-order valence-corrected chi connectivity index (χ4v) is 3.08.